The second-order valence-corrected chi connectivity index (χ2v) is 4.49. The molecule has 2 heterocycles. The van der Waals surface area contributed by atoms with Crippen LogP contribution in [0.4, 0.5) is 4.39 Å². The molecule has 0 aliphatic heterocycles. The summed E-state index contributed by atoms with van der Waals surface area (Å²) in [4.78, 5) is 4.05. The lowest BCUT2D eigenvalue weighted by Gasteiger charge is -2.03. The molecule has 0 bridgehead atoms. The van der Waals surface area contributed by atoms with E-state index in [0.29, 0.717) is 4.47 Å². The molecule has 0 atom stereocenters. The number of pyridine rings is 1. The standard InChI is InChI=1S/C12H7BrFN3/c13-9-5-10(14)12(15-7-9)17-11-4-2-1-3-8(11)6-16-17/h1-7H. The highest BCUT2D eigenvalue weighted by Crippen LogP contribution is 2.20. The van der Waals surface area contributed by atoms with Gasteiger partial charge in [-0.15, -0.1) is 0 Å². The first kappa shape index (κ1) is 10.4. The number of nitrogens with zero attached hydrogens (tertiary/aromatic N) is 3. The molecule has 0 radical (unpaired) electrons. The van der Waals surface area contributed by atoms with Crippen molar-refractivity contribution in [3.05, 3.63) is 53.0 Å². The Kier molecular flexibility index (Phi) is 2.40. The van der Waals surface area contributed by atoms with Crippen LogP contribution in [0, 0.1) is 5.82 Å². The van der Waals surface area contributed by atoms with Crippen LogP contribution in [0.5, 0.6) is 0 Å². The van der Waals surface area contributed by atoms with Crippen LogP contribution < -0.4 is 0 Å². The molecular weight excluding hydrogens is 285 g/mol. The zero-order chi connectivity index (χ0) is 11.8. The average Bonchev–Trinajstić information content (AvgIpc) is 2.73. The Labute approximate surface area is 105 Å². The van der Waals surface area contributed by atoms with Gasteiger partial charge in [0.1, 0.15) is 0 Å². The third kappa shape index (κ3) is 1.72. The summed E-state index contributed by atoms with van der Waals surface area (Å²) in [6, 6.07) is 8.98. The predicted molar refractivity (Wildman–Crippen MR) is 66.5 cm³/mol. The summed E-state index contributed by atoms with van der Waals surface area (Å²) >= 11 is 3.18. The van der Waals surface area contributed by atoms with Crippen molar-refractivity contribution in [2.45, 2.75) is 0 Å². The summed E-state index contributed by atoms with van der Waals surface area (Å²) < 4.78 is 15.9. The zero-order valence-corrected chi connectivity index (χ0v) is 10.2. The number of benzene rings is 1. The van der Waals surface area contributed by atoms with Crippen molar-refractivity contribution >= 4 is 26.8 Å². The van der Waals surface area contributed by atoms with E-state index >= 15 is 0 Å². The second-order valence-electron chi connectivity index (χ2n) is 3.57. The number of para-hydroxylation sites is 1. The van der Waals surface area contributed by atoms with E-state index in [1.807, 2.05) is 24.3 Å². The molecule has 0 N–H and O–H groups in total. The fraction of sp³-hybridized carbons (Fsp3) is 0. The first-order valence-electron chi connectivity index (χ1n) is 5.00. The highest BCUT2D eigenvalue weighted by atomic mass is 79.9. The van der Waals surface area contributed by atoms with E-state index in [9.17, 15) is 4.39 Å². The van der Waals surface area contributed by atoms with Crippen LogP contribution >= 0.6 is 15.9 Å². The summed E-state index contributed by atoms with van der Waals surface area (Å²) in [5.74, 6) is -0.206. The fourth-order valence-electron chi connectivity index (χ4n) is 1.70. The van der Waals surface area contributed by atoms with Crippen molar-refractivity contribution in [3.8, 4) is 5.82 Å². The van der Waals surface area contributed by atoms with Crippen LogP contribution in [-0.2, 0) is 0 Å². The molecule has 3 aromatic rings. The van der Waals surface area contributed by atoms with Crippen molar-refractivity contribution < 1.29 is 4.39 Å². The summed E-state index contributed by atoms with van der Waals surface area (Å²) in [5.41, 5.74) is 0.834. The average molecular weight is 292 g/mol. The third-order valence-corrected chi connectivity index (χ3v) is 2.90. The largest absolute Gasteiger partial charge is 0.233 e. The monoisotopic (exact) mass is 291 g/mol. The molecule has 3 rings (SSSR count). The number of hydrogen-bond acceptors (Lipinski definition) is 2. The Morgan fingerprint density at radius 1 is 1.18 bits per heavy atom. The van der Waals surface area contributed by atoms with Crippen LogP contribution in [0.15, 0.2) is 47.2 Å². The predicted octanol–water partition coefficient (Wildman–Crippen LogP) is 3.32. The minimum atomic E-state index is -0.409. The Morgan fingerprint density at radius 2 is 2.00 bits per heavy atom. The van der Waals surface area contributed by atoms with Gasteiger partial charge >= 0.3 is 0 Å². The van der Waals surface area contributed by atoms with Gasteiger partial charge in [0.2, 0.25) is 0 Å². The smallest absolute Gasteiger partial charge is 0.190 e. The number of fused-ring (bicyclic) bond motifs is 1. The van der Waals surface area contributed by atoms with Crippen LogP contribution in [0.3, 0.4) is 0 Å². The molecule has 0 aliphatic rings. The molecule has 0 unspecified atom stereocenters. The van der Waals surface area contributed by atoms with Crippen LogP contribution in [-0.4, -0.2) is 14.8 Å². The first-order valence-corrected chi connectivity index (χ1v) is 5.79. The number of halogens is 2. The highest BCUT2D eigenvalue weighted by Gasteiger charge is 2.10. The minimum absolute atomic E-state index is 0.203. The van der Waals surface area contributed by atoms with Gasteiger partial charge in [-0.2, -0.15) is 5.10 Å². The maximum atomic E-state index is 13.8. The molecule has 1 aromatic carbocycles. The molecule has 0 saturated carbocycles. The van der Waals surface area contributed by atoms with Crippen LogP contribution in [0.2, 0.25) is 0 Å². The molecule has 17 heavy (non-hydrogen) atoms. The van der Waals surface area contributed by atoms with Gasteiger partial charge in [-0.1, -0.05) is 18.2 Å². The van der Waals surface area contributed by atoms with Crippen molar-refractivity contribution in [3.63, 3.8) is 0 Å². The van der Waals surface area contributed by atoms with Crippen molar-refractivity contribution in [2.24, 2.45) is 0 Å². The fourth-order valence-corrected chi connectivity index (χ4v) is 2.01. The molecule has 5 heteroatoms. The van der Waals surface area contributed by atoms with E-state index in [1.165, 1.54) is 10.7 Å². The van der Waals surface area contributed by atoms with Crippen molar-refractivity contribution in [1.82, 2.24) is 14.8 Å². The Bertz CT molecular complexity index is 693. The topological polar surface area (TPSA) is 30.7 Å². The highest BCUT2D eigenvalue weighted by molar-refractivity contribution is 9.10. The maximum absolute atomic E-state index is 13.8. The lowest BCUT2D eigenvalue weighted by molar-refractivity contribution is 0.602. The molecule has 3 nitrogen and oxygen atoms in total. The quantitative estimate of drug-likeness (QED) is 0.689. The van der Waals surface area contributed by atoms with E-state index in [4.69, 9.17) is 0 Å². The summed E-state index contributed by atoms with van der Waals surface area (Å²) in [6.45, 7) is 0. The van der Waals surface area contributed by atoms with Gasteiger partial charge in [0.25, 0.3) is 0 Å². The van der Waals surface area contributed by atoms with Gasteiger partial charge in [-0.05, 0) is 28.1 Å². The SMILES string of the molecule is Fc1cc(Br)cnc1-n1ncc2ccccc21. The van der Waals surface area contributed by atoms with Crippen molar-refractivity contribution in [2.75, 3.05) is 0 Å². The Hall–Kier alpha value is -1.75. The van der Waals surface area contributed by atoms with Gasteiger partial charge in [-0.25, -0.2) is 14.1 Å². The van der Waals surface area contributed by atoms with Gasteiger partial charge in [0.15, 0.2) is 11.6 Å². The molecule has 2 aromatic heterocycles. The van der Waals surface area contributed by atoms with E-state index in [0.717, 1.165) is 10.9 Å². The molecule has 84 valence electrons. The Morgan fingerprint density at radius 3 is 2.82 bits per heavy atom. The van der Waals surface area contributed by atoms with Gasteiger partial charge < -0.3 is 0 Å². The third-order valence-electron chi connectivity index (χ3n) is 2.47. The van der Waals surface area contributed by atoms with E-state index in [2.05, 4.69) is 26.0 Å². The normalized spacial score (nSPS) is 10.9. The van der Waals surface area contributed by atoms with E-state index in [-0.39, 0.29) is 5.82 Å². The maximum Gasteiger partial charge on any atom is 0.190 e. The van der Waals surface area contributed by atoms with Gasteiger partial charge in [0.05, 0.1) is 11.7 Å². The van der Waals surface area contributed by atoms with Crippen molar-refractivity contribution in [1.29, 1.82) is 0 Å². The van der Waals surface area contributed by atoms with Crippen LogP contribution in [0.1, 0.15) is 0 Å². The van der Waals surface area contributed by atoms with Gasteiger partial charge in [-0.3, -0.25) is 0 Å². The first-order chi connectivity index (χ1) is 8.25. The Balaban J connectivity index is 2.27. The number of aromatic nitrogens is 3. The van der Waals surface area contributed by atoms with E-state index in [1.54, 1.807) is 12.4 Å². The molecule has 0 amide bonds. The van der Waals surface area contributed by atoms with Crippen LogP contribution in [0.25, 0.3) is 16.7 Å². The van der Waals surface area contributed by atoms with Gasteiger partial charge in [0, 0.05) is 16.1 Å². The van der Waals surface area contributed by atoms with E-state index < -0.39 is 5.82 Å². The molecular formula is C12H7BrFN3. The number of rotatable bonds is 1. The number of hydrogen-bond donors (Lipinski definition) is 0. The lowest BCUT2D eigenvalue weighted by atomic mass is 10.2. The second kappa shape index (κ2) is 3.92. The summed E-state index contributed by atoms with van der Waals surface area (Å²) in [6.07, 6.45) is 3.24. The minimum Gasteiger partial charge on any atom is -0.233 e. The molecule has 0 saturated heterocycles. The summed E-state index contributed by atoms with van der Waals surface area (Å²) in [7, 11) is 0. The summed E-state index contributed by atoms with van der Waals surface area (Å²) in [5, 5.41) is 5.11. The molecule has 0 aliphatic carbocycles. The zero-order valence-electron chi connectivity index (χ0n) is 8.64. The molecule has 0 fully saturated rings. The molecule has 0 spiro atoms. The lowest BCUT2D eigenvalue weighted by Crippen LogP contribution is -2.02.